The average Bonchev–Trinajstić information content (AvgIpc) is 2.72. The summed E-state index contributed by atoms with van der Waals surface area (Å²) in [5, 5.41) is 3.89. The predicted octanol–water partition coefficient (Wildman–Crippen LogP) is 1.94. The number of hydrogen-bond acceptors (Lipinski definition) is 6. The second-order valence-corrected chi connectivity index (χ2v) is 8.26. The minimum absolute atomic E-state index is 0.00505. The zero-order valence-electron chi connectivity index (χ0n) is 10.7. The lowest BCUT2D eigenvalue weighted by atomic mass is 10.2. The highest BCUT2D eigenvalue weighted by molar-refractivity contribution is 9.25. The van der Waals surface area contributed by atoms with Crippen LogP contribution in [0.4, 0.5) is 0 Å². The smallest absolute Gasteiger partial charge is 0.361 e. The van der Waals surface area contributed by atoms with E-state index in [1.807, 2.05) is 0 Å². The molecule has 0 amide bonds. The molecule has 108 valence electrons. The first-order chi connectivity index (χ1) is 8.89. The van der Waals surface area contributed by atoms with E-state index in [9.17, 15) is 4.79 Å². The van der Waals surface area contributed by atoms with E-state index in [0.717, 1.165) is 6.42 Å². The van der Waals surface area contributed by atoms with Crippen LogP contribution < -0.4 is 0 Å². The number of ether oxygens (including phenoxy) is 3. The molecule has 8 heteroatoms. The molecule has 0 aromatic rings. The summed E-state index contributed by atoms with van der Waals surface area (Å²) >= 11 is 6.82. The summed E-state index contributed by atoms with van der Waals surface area (Å²) in [5.41, 5.74) is -0.00505. The van der Waals surface area contributed by atoms with E-state index < -0.39 is 11.8 Å². The molecule has 0 aromatic heterocycles. The van der Waals surface area contributed by atoms with Gasteiger partial charge in [-0.1, -0.05) is 37.0 Å². The number of nitrogens with zero attached hydrogens (tertiary/aromatic N) is 1. The third kappa shape index (κ3) is 3.48. The lowest BCUT2D eigenvalue weighted by Crippen LogP contribution is -2.42. The van der Waals surface area contributed by atoms with Crippen molar-refractivity contribution in [3.05, 3.63) is 0 Å². The third-order valence-electron chi connectivity index (χ3n) is 2.78. The Morgan fingerprint density at radius 3 is 2.47 bits per heavy atom. The predicted molar refractivity (Wildman–Crippen MR) is 74.5 cm³/mol. The van der Waals surface area contributed by atoms with Crippen molar-refractivity contribution in [2.45, 2.75) is 35.4 Å². The first-order valence-electron chi connectivity index (χ1n) is 5.96. The van der Waals surface area contributed by atoms with E-state index >= 15 is 0 Å². The highest BCUT2D eigenvalue weighted by atomic mass is 79.9. The molecule has 1 unspecified atom stereocenters. The zero-order valence-corrected chi connectivity index (χ0v) is 13.8. The SMILES string of the molecule is CCOC(=O)C(=NOC1CC1(Br)Br)C1(C)OCCO1. The van der Waals surface area contributed by atoms with Gasteiger partial charge in [0.25, 0.3) is 0 Å². The molecule has 6 nitrogen and oxygen atoms in total. The largest absolute Gasteiger partial charge is 0.461 e. The lowest BCUT2D eigenvalue weighted by Gasteiger charge is -2.22. The van der Waals surface area contributed by atoms with Crippen LogP contribution in [0.15, 0.2) is 5.16 Å². The van der Waals surface area contributed by atoms with Crippen LogP contribution in [0.3, 0.4) is 0 Å². The van der Waals surface area contributed by atoms with Crippen LogP contribution in [0.5, 0.6) is 0 Å². The Hall–Kier alpha value is -0.180. The average molecular weight is 401 g/mol. The molecule has 1 atom stereocenters. The van der Waals surface area contributed by atoms with Crippen molar-refractivity contribution in [3.8, 4) is 0 Å². The number of carbonyl (C=O) groups is 1. The van der Waals surface area contributed by atoms with Crippen molar-refractivity contribution in [3.63, 3.8) is 0 Å². The summed E-state index contributed by atoms with van der Waals surface area (Å²) in [4.78, 5) is 17.2. The van der Waals surface area contributed by atoms with Crippen molar-refractivity contribution in [1.29, 1.82) is 0 Å². The Labute approximate surface area is 128 Å². The number of carbonyl (C=O) groups excluding carboxylic acids is 1. The molecule has 1 saturated carbocycles. The van der Waals surface area contributed by atoms with Crippen molar-refractivity contribution in [1.82, 2.24) is 0 Å². The summed E-state index contributed by atoms with van der Waals surface area (Å²) in [6, 6.07) is 0. The lowest BCUT2D eigenvalue weighted by molar-refractivity contribution is -0.141. The number of alkyl halides is 2. The van der Waals surface area contributed by atoms with Crippen LogP contribution >= 0.6 is 31.9 Å². The topological polar surface area (TPSA) is 66.4 Å². The van der Waals surface area contributed by atoms with Crippen LogP contribution in [0.1, 0.15) is 20.3 Å². The van der Waals surface area contributed by atoms with E-state index in [1.54, 1.807) is 13.8 Å². The molecule has 1 aliphatic heterocycles. The summed E-state index contributed by atoms with van der Waals surface area (Å²) in [6.07, 6.45) is 0.618. The highest BCUT2D eigenvalue weighted by Crippen LogP contribution is 2.52. The fourth-order valence-corrected chi connectivity index (χ4v) is 2.33. The molecule has 0 N–H and O–H groups in total. The molecule has 2 fully saturated rings. The molecule has 0 bridgehead atoms. The summed E-state index contributed by atoms with van der Waals surface area (Å²) in [6.45, 7) is 4.40. The first kappa shape index (κ1) is 15.2. The molecule has 0 radical (unpaired) electrons. The minimum Gasteiger partial charge on any atom is -0.461 e. The Bertz CT molecular complexity index is 393. The van der Waals surface area contributed by atoms with E-state index in [2.05, 4.69) is 37.0 Å². The highest BCUT2D eigenvalue weighted by Gasteiger charge is 2.54. The molecule has 1 aliphatic carbocycles. The monoisotopic (exact) mass is 399 g/mol. The molecular weight excluding hydrogens is 386 g/mol. The minimum atomic E-state index is -1.21. The number of rotatable bonds is 5. The van der Waals surface area contributed by atoms with Gasteiger partial charge in [0.15, 0.2) is 6.10 Å². The van der Waals surface area contributed by atoms with Gasteiger partial charge in [-0.2, -0.15) is 0 Å². The summed E-state index contributed by atoms with van der Waals surface area (Å²) in [7, 11) is 0. The normalized spacial score (nSPS) is 28.0. The first-order valence-corrected chi connectivity index (χ1v) is 7.55. The molecule has 2 rings (SSSR count). The summed E-state index contributed by atoms with van der Waals surface area (Å²) < 4.78 is 15.5. The van der Waals surface area contributed by atoms with E-state index in [1.165, 1.54) is 0 Å². The van der Waals surface area contributed by atoms with E-state index in [0.29, 0.717) is 13.2 Å². The van der Waals surface area contributed by atoms with Gasteiger partial charge >= 0.3 is 5.97 Å². The Morgan fingerprint density at radius 2 is 2.00 bits per heavy atom. The van der Waals surface area contributed by atoms with Gasteiger partial charge in [0, 0.05) is 6.42 Å². The zero-order chi connectivity index (χ0) is 14.1. The second kappa shape index (κ2) is 5.67. The molecule has 19 heavy (non-hydrogen) atoms. The van der Waals surface area contributed by atoms with Gasteiger partial charge < -0.3 is 19.0 Å². The van der Waals surface area contributed by atoms with Gasteiger partial charge in [0.2, 0.25) is 11.5 Å². The van der Waals surface area contributed by atoms with Crippen LogP contribution in [0.25, 0.3) is 0 Å². The molecular formula is C11H15Br2NO5. The number of halogens is 2. The maximum atomic E-state index is 11.9. The van der Waals surface area contributed by atoms with Gasteiger partial charge in [-0.05, 0) is 13.8 Å². The van der Waals surface area contributed by atoms with E-state index in [-0.39, 0.29) is 21.7 Å². The summed E-state index contributed by atoms with van der Waals surface area (Å²) in [5.74, 6) is -1.80. The third-order valence-corrected chi connectivity index (χ3v) is 4.45. The van der Waals surface area contributed by atoms with Crippen molar-refractivity contribution >= 4 is 43.5 Å². The molecule has 2 aliphatic rings. The van der Waals surface area contributed by atoms with Crippen LogP contribution in [0.2, 0.25) is 0 Å². The molecule has 0 aromatic carbocycles. The Kier molecular flexibility index (Phi) is 4.54. The maximum Gasteiger partial charge on any atom is 0.361 e. The molecule has 0 spiro atoms. The number of oxime groups is 1. The van der Waals surface area contributed by atoms with Gasteiger partial charge in [-0.15, -0.1) is 0 Å². The number of esters is 1. The Morgan fingerprint density at radius 1 is 1.42 bits per heavy atom. The molecule has 1 heterocycles. The quantitative estimate of drug-likeness (QED) is 0.305. The van der Waals surface area contributed by atoms with Gasteiger partial charge in [0.05, 0.1) is 19.8 Å². The van der Waals surface area contributed by atoms with E-state index in [4.69, 9.17) is 19.0 Å². The van der Waals surface area contributed by atoms with Gasteiger partial charge in [-0.25, -0.2) is 4.79 Å². The van der Waals surface area contributed by atoms with Crippen molar-refractivity contribution < 1.29 is 23.8 Å². The van der Waals surface area contributed by atoms with Crippen molar-refractivity contribution in [2.75, 3.05) is 19.8 Å². The van der Waals surface area contributed by atoms with Crippen LogP contribution in [-0.2, 0) is 23.8 Å². The number of hydrogen-bond donors (Lipinski definition) is 0. The van der Waals surface area contributed by atoms with Gasteiger partial charge in [-0.3, -0.25) is 0 Å². The van der Waals surface area contributed by atoms with Crippen LogP contribution in [0, 0.1) is 0 Å². The second-order valence-electron chi connectivity index (χ2n) is 4.36. The Balaban J connectivity index is 2.09. The van der Waals surface area contributed by atoms with Gasteiger partial charge in [0.1, 0.15) is 3.23 Å². The fourth-order valence-electron chi connectivity index (χ4n) is 1.58. The fraction of sp³-hybridized carbons (Fsp3) is 0.818. The van der Waals surface area contributed by atoms with Crippen LogP contribution in [-0.4, -0.2) is 46.6 Å². The maximum absolute atomic E-state index is 11.9. The standard InChI is InChI=1S/C11H15Br2NO5/c1-3-16-9(15)8(10(2)17-4-5-18-10)14-19-7-6-11(7,12)13/h7H,3-6H2,1-2H3. The van der Waals surface area contributed by atoms with Crippen molar-refractivity contribution in [2.24, 2.45) is 5.16 Å². The molecule has 1 saturated heterocycles.